The van der Waals surface area contributed by atoms with Crippen molar-refractivity contribution in [3.63, 3.8) is 0 Å². The van der Waals surface area contributed by atoms with Gasteiger partial charge in [-0.1, -0.05) is 25.1 Å². The lowest BCUT2D eigenvalue weighted by Gasteiger charge is -2.06. The number of aromatic nitrogens is 2. The van der Waals surface area contributed by atoms with Gasteiger partial charge in [0.25, 0.3) is 0 Å². The van der Waals surface area contributed by atoms with E-state index in [9.17, 15) is 0 Å². The zero-order valence-electron chi connectivity index (χ0n) is 12.2. The Balaban J connectivity index is 1.68. The van der Waals surface area contributed by atoms with Crippen molar-refractivity contribution in [3.05, 3.63) is 53.1 Å². The van der Waals surface area contributed by atoms with Crippen LogP contribution in [0.4, 0.5) is 0 Å². The highest BCUT2D eigenvalue weighted by Gasteiger charge is 2.11. The summed E-state index contributed by atoms with van der Waals surface area (Å²) in [7, 11) is 0. The molecule has 0 saturated heterocycles. The molecule has 0 fully saturated rings. The predicted octanol–water partition coefficient (Wildman–Crippen LogP) is 2.70. The van der Waals surface area contributed by atoms with E-state index < -0.39 is 0 Å². The van der Waals surface area contributed by atoms with Crippen molar-refractivity contribution in [2.45, 2.75) is 51.6 Å². The van der Waals surface area contributed by atoms with Crippen LogP contribution in [0.2, 0.25) is 0 Å². The molecule has 1 heterocycles. The molecule has 1 aliphatic rings. The molecule has 20 heavy (non-hydrogen) atoms. The molecule has 3 nitrogen and oxygen atoms in total. The molecule has 3 rings (SSSR count). The Labute approximate surface area is 120 Å². The zero-order chi connectivity index (χ0) is 13.9. The fourth-order valence-electron chi connectivity index (χ4n) is 2.95. The van der Waals surface area contributed by atoms with Crippen LogP contribution in [0.25, 0.3) is 0 Å². The third-order valence-corrected chi connectivity index (χ3v) is 4.21. The van der Waals surface area contributed by atoms with Crippen LogP contribution in [0.1, 0.15) is 42.1 Å². The zero-order valence-corrected chi connectivity index (χ0v) is 12.2. The molecule has 1 atom stereocenters. The number of hydrogen-bond acceptors (Lipinski definition) is 2. The van der Waals surface area contributed by atoms with E-state index in [0.717, 1.165) is 25.1 Å². The summed E-state index contributed by atoms with van der Waals surface area (Å²) in [6.07, 6.45) is 9.71. The topological polar surface area (TPSA) is 43.8 Å². The van der Waals surface area contributed by atoms with Gasteiger partial charge in [0, 0.05) is 25.2 Å². The van der Waals surface area contributed by atoms with Gasteiger partial charge in [0.15, 0.2) is 0 Å². The van der Waals surface area contributed by atoms with Crippen molar-refractivity contribution in [1.82, 2.24) is 9.55 Å². The minimum absolute atomic E-state index is 0.221. The van der Waals surface area contributed by atoms with Crippen molar-refractivity contribution in [2.75, 3.05) is 0 Å². The van der Waals surface area contributed by atoms with Crippen LogP contribution in [-0.4, -0.2) is 15.6 Å². The summed E-state index contributed by atoms with van der Waals surface area (Å²) in [5.74, 6) is 0. The molecule has 2 N–H and O–H groups in total. The molecule has 2 aromatic rings. The highest BCUT2D eigenvalue weighted by molar-refractivity contribution is 5.35. The van der Waals surface area contributed by atoms with Gasteiger partial charge in [-0.3, -0.25) is 0 Å². The van der Waals surface area contributed by atoms with E-state index in [2.05, 4.69) is 40.9 Å². The second-order valence-electron chi connectivity index (χ2n) is 5.87. The summed E-state index contributed by atoms with van der Waals surface area (Å²) < 4.78 is 2.16. The van der Waals surface area contributed by atoms with E-state index in [-0.39, 0.29) is 6.04 Å². The van der Waals surface area contributed by atoms with Gasteiger partial charge in [0.1, 0.15) is 0 Å². The number of fused-ring (bicyclic) bond motifs is 1. The fourth-order valence-corrected chi connectivity index (χ4v) is 2.95. The molecule has 0 saturated carbocycles. The van der Waals surface area contributed by atoms with Gasteiger partial charge in [-0.15, -0.1) is 0 Å². The first-order valence-electron chi connectivity index (χ1n) is 7.61. The van der Waals surface area contributed by atoms with Gasteiger partial charge < -0.3 is 10.3 Å². The molecule has 0 amide bonds. The molecule has 0 aliphatic heterocycles. The average Bonchev–Trinajstić information content (AvgIpc) is 3.07. The minimum Gasteiger partial charge on any atom is -0.333 e. The Morgan fingerprint density at radius 1 is 1.30 bits per heavy atom. The Bertz CT molecular complexity index is 586. The standard InChI is InChI=1S/C17H23N3/c1-2-16(18)9-17-11-20(12-19-17)10-13-6-7-14-4-3-5-15(14)8-13/h6-8,11-12,16H,2-5,9-10,18H2,1H3. The van der Waals surface area contributed by atoms with Crippen LogP contribution in [-0.2, 0) is 25.8 Å². The molecule has 106 valence electrons. The first kappa shape index (κ1) is 13.4. The van der Waals surface area contributed by atoms with E-state index >= 15 is 0 Å². The number of aryl methyl sites for hydroxylation is 2. The first-order chi connectivity index (χ1) is 9.74. The summed E-state index contributed by atoms with van der Waals surface area (Å²) in [5.41, 5.74) is 11.5. The van der Waals surface area contributed by atoms with Crippen molar-refractivity contribution in [2.24, 2.45) is 5.73 Å². The lowest BCUT2D eigenvalue weighted by molar-refractivity contribution is 0.638. The highest BCUT2D eigenvalue weighted by Crippen LogP contribution is 2.23. The molecule has 1 unspecified atom stereocenters. The van der Waals surface area contributed by atoms with E-state index in [1.165, 1.54) is 36.0 Å². The van der Waals surface area contributed by atoms with Crippen molar-refractivity contribution in [1.29, 1.82) is 0 Å². The Morgan fingerprint density at radius 2 is 2.15 bits per heavy atom. The Hall–Kier alpha value is -1.61. The summed E-state index contributed by atoms with van der Waals surface area (Å²) >= 11 is 0. The number of nitrogens with two attached hydrogens (primary N) is 1. The number of nitrogens with zero attached hydrogens (tertiary/aromatic N) is 2. The molecular weight excluding hydrogens is 246 g/mol. The van der Waals surface area contributed by atoms with Crippen LogP contribution < -0.4 is 5.73 Å². The maximum Gasteiger partial charge on any atom is 0.0952 e. The molecule has 0 radical (unpaired) electrons. The summed E-state index contributed by atoms with van der Waals surface area (Å²) in [4.78, 5) is 4.46. The van der Waals surface area contributed by atoms with Crippen molar-refractivity contribution >= 4 is 0 Å². The molecule has 0 spiro atoms. The maximum absolute atomic E-state index is 5.98. The normalized spacial score (nSPS) is 15.3. The van der Waals surface area contributed by atoms with Crippen LogP contribution in [0.15, 0.2) is 30.7 Å². The fraction of sp³-hybridized carbons (Fsp3) is 0.471. The summed E-state index contributed by atoms with van der Waals surface area (Å²) in [5, 5.41) is 0. The van der Waals surface area contributed by atoms with E-state index in [0.29, 0.717) is 0 Å². The van der Waals surface area contributed by atoms with E-state index in [1.807, 2.05) is 6.33 Å². The van der Waals surface area contributed by atoms with Gasteiger partial charge in [-0.25, -0.2) is 4.98 Å². The molecule has 1 aromatic carbocycles. The lowest BCUT2D eigenvalue weighted by atomic mass is 10.1. The van der Waals surface area contributed by atoms with Crippen LogP contribution in [0.5, 0.6) is 0 Å². The molecule has 1 aliphatic carbocycles. The summed E-state index contributed by atoms with van der Waals surface area (Å²) in [6, 6.07) is 7.13. The third-order valence-electron chi connectivity index (χ3n) is 4.21. The average molecular weight is 269 g/mol. The van der Waals surface area contributed by atoms with Gasteiger partial charge in [0.05, 0.1) is 12.0 Å². The second kappa shape index (κ2) is 5.80. The predicted molar refractivity (Wildman–Crippen MR) is 81.8 cm³/mol. The van der Waals surface area contributed by atoms with Crippen molar-refractivity contribution in [3.8, 4) is 0 Å². The smallest absolute Gasteiger partial charge is 0.0952 e. The Kier molecular flexibility index (Phi) is 3.88. The van der Waals surface area contributed by atoms with Crippen LogP contribution >= 0.6 is 0 Å². The number of rotatable bonds is 5. The van der Waals surface area contributed by atoms with E-state index in [1.54, 1.807) is 0 Å². The second-order valence-corrected chi connectivity index (χ2v) is 5.87. The maximum atomic E-state index is 5.98. The van der Waals surface area contributed by atoms with Gasteiger partial charge in [-0.05, 0) is 42.4 Å². The largest absolute Gasteiger partial charge is 0.333 e. The molecule has 0 bridgehead atoms. The van der Waals surface area contributed by atoms with E-state index in [4.69, 9.17) is 5.73 Å². The monoisotopic (exact) mass is 269 g/mol. The quantitative estimate of drug-likeness (QED) is 0.907. The van der Waals surface area contributed by atoms with Crippen LogP contribution in [0.3, 0.4) is 0 Å². The lowest BCUT2D eigenvalue weighted by Crippen LogP contribution is -2.21. The molecule has 1 aromatic heterocycles. The van der Waals surface area contributed by atoms with Crippen LogP contribution in [0, 0.1) is 0 Å². The Morgan fingerprint density at radius 3 is 3.00 bits per heavy atom. The van der Waals surface area contributed by atoms with Gasteiger partial charge in [-0.2, -0.15) is 0 Å². The number of hydrogen-bond donors (Lipinski definition) is 1. The SMILES string of the molecule is CCC(N)Cc1cn(Cc2ccc3c(c2)CCC3)cn1. The van der Waals surface area contributed by atoms with Gasteiger partial charge >= 0.3 is 0 Å². The minimum atomic E-state index is 0.221. The molecule has 3 heteroatoms. The number of imidazole rings is 1. The highest BCUT2D eigenvalue weighted by atomic mass is 15.0. The number of benzene rings is 1. The first-order valence-corrected chi connectivity index (χ1v) is 7.61. The third kappa shape index (κ3) is 2.93. The summed E-state index contributed by atoms with van der Waals surface area (Å²) in [6.45, 7) is 3.02. The molecular formula is C17H23N3. The van der Waals surface area contributed by atoms with Crippen molar-refractivity contribution < 1.29 is 0 Å². The van der Waals surface area contributed by atoms with Gasteiger partial charge in [0.2, 0.25) is 0 Å².